The van der Waals surface area contributed by atoms with Gasteiger partial charge in [0.15, 0.2) is 0 Å². The molecule has 162 valence electrons. The Morgan fingerprint density at radius 1 is 1.17 bits per heavy atom. The number of methoxy groups -OCH3 is 1. The van der Waals surface area contributed by atoms with Gasteiger partial charge in [-0.2, -0.15) is 4.31 Å². The summed E-state index contributed by atoms with van der Waals surface area (Å²) >= 11 is 0. The monoisotopic (exact) mass is 424 g/mol. The Balaban J connectivity index is 1.66. The van der Waals surface area contributed by atoms with Crippen LogP contribution in [0.2, 0.25) is 0 Å². The highest BCUT2D eigenvalue weighted by Gasteiger charge is 2.27. The first-order chi connectivity index (χ1) is 14.0. The maximum Gasteiger partial charge on any atom is 0.243 e. The summed E-state index contributed by atoms with van der Waals surface area (Å²) in [7, 11) is -2.02. The van der Waals surface area contributed by atoms with Crippen molar-refractivity contribution in [3.63, 3.8) is 0 Å². The van der Waals surface area contributed by atoms with Gasteiger partial charge in [-0.15, -0.1) is 0 Å². The molecule has 29 heavy (non-hydrogen) atoms. The predicted molar refractivity (Wildman–Crippen MR) is 111 cm³/mol. The Hall–Kier alpha value is -1.64. The third-order valence-electron chi connectivity index (χ3n) is 5.70. The molecule has 0 radical (unpaired) electrons. The Morgan fingerprint density at radius 3 is 2.52 bits per heavy atom. The summed E-state index contributed by atoms with van der Waals surface area (Å²) in [4.78, 5) is 12.7. The molecule has 1 aromatic carbocycles. The van der Waals surface area contributed by atoms with Crippen molar-refractivity contribution in [3.05, 3.63) is 23.8 Å². The minimum atomic E-state index is -3.58. The van der Waals surface area contributed by atoms with Crippen molar-refractivity contribution < 1.29 is 22.7 Å². The van der Waals surface area contributed by atoms with Crippen molar-refractivity contribution >= 4 is 15.9 Å². The van der Waals surface area contributed by atoms with E-state index in [4.69, 9.17) is 9.47 Å². The van der Waals surface area contributed by atoms with Crippen LogP contribution in [0.5, 0.6) is 5.75 Å². The number of nitrogens with zero attached hydrogens (tertiary/aromatic N) is 1. The summed E-state index contributed by atoms with van der Waals surface area (Å²) in [5, 5.41) is 3.14. The van der Waals surface area contributed by atoms with Crippen molar-refractivity contribution in [2.24, 2.45) is 0 Å². The average molecular weight is 425 g/mol. The lowest BCUT2D eigenvalue weighted by atomic mass is 10.1. The van der Waals surface area contributed by atoms with E-state index in [0.29, 0.717) is 44.9 Å². The van der Waals surface area contributed by atoms with Gasteiger partial charge in [0.1, 0.15) is 5.75 Å². The largest absolute Gasteiger partial charge is 0.496 e. The first-order valence-corrected chi connectivity index (χ1v) is 12.0. The van der Waals surface area contributed by atoms with Gasteiger partial charge in [0.2, 0.25) is 15.9 Å². The van der Waals surface area contributed by atoms with Crippen molar-refractivity contribution in [2.75, 3.05) is 33.4 Å². The number of carbonyl (C=O) groups is 1. The summed E-state index contributed by atoms with van der Waals surface area (Å²) in [6.45, 7) is 1.52. The minimum absolute atomic E-state index is 0.0143. The molecule has 3 rings (SSSR count). The molecular weight excluding hydrogens is 392 g/mol. The van der Waals surface area contributed by atoms with Crippen LogP contribution in [0.1, 0.15) is 50.5 Å². The van der Waals surface area contributed by atoms with Crippen molar-refractivity contribution in [1.82, 2.24) is 9.62 Å². The van der Waals surface area contributed by atoms with Crippen LogP contribution in [-0.4, -0.2) is 58.1 Å². The Bertz CT molecular complexity index is 782. The van der Waals surface area contributed by atoms with Crippen LogP contribution in [0.25, 0.3) is 0 Å². The Kier molecular flexibility index (Phi) is 7.91. The van der Waals surface area contributed by atoms with Gasteiger partial charge in [-0.25, -0.2) is 8.42 Å². The van der Waals surface area contributed by atoms with Gasteiger partial charge in [0.05, 0.1) is 25.2 Å². The molecule has 2 fully saturated rings. The van der Waals surface area contributed by atoms with Crippen LogP contribution in [-0.2, 0) is 26.0 Å². The smallest absolute Gasteiger partial charge is 0.243 e. The molecule has 1 aliphatic heterocycles. The molecule has 1 aliphatic carbocycles. The number of sulfonamides is 1. The minimum Gasteiger partial charge on any atom is -0.496 e. The van der Waals surface area contributed by atoms with Gasteiger partial charge < -0.3 is 14.8 Å². The zero-order valence-electron chi connectivity index (χ0n) is 17.2. The molecule has 0 unspecified atom stereocenters. The summed E-state index contributed by atoms with van der Waals surface area (Å²) in [6.07, 6.45) is 7.66. The lowest BCUT2D eigenvalue weighted by Crippen LogP contribution is -2.40. The van der Waals surface area contributed by atoms with E-state index < -0.39 is 10.0 Å². The number of rotatable bonds is 7. The van der Waals surface area contributed by atoms with Gasteiger partial charge >= 0.3 is 0 Å². The zero-order chi connectivity index (χ0) is 20.7. The second kappa shape index (κ2) is 10.4. The molecule has 7 nitrogen and oxygen atoms in total. The molecule has 0 bridgehead atoms. The normalized spacial score (nSPS) is 19.5. The lowest BCUT2D eigenvalue weighted by Gasteiger charge is -2.26. The molecule has 0 spiro atoms. The molecule has 8 heteroatoms. The van der Waals surface area contributed by atoms with Crippen LogP contribution in [0, 0.1) is 0 Å². The lowest BCUT2D eigenvalue weighted by molar-refractivity contribution is -0.121. The number of benzene rings is 1. The number of amides is 1. The van der Waals surface area contributed by atoms with Gasteiger partial charge in [0, 0.05) is 25.6 Å². The van der Waals surface area contributed by atoms with Gasteiger partial charge in [-0.1, -0.05) is 25.7 Å². The second-order valence-electron chi connectivity index (χ2n) is 7.75. The van der Waals surface area contributed by atoms with Crippen molar-refractivity contribution in [3.8, 4) is 5.75 Å². The number of hydrogen-bond acceptors (Lipinski definition) is 5. The van der Waals surface area contributed by atoms with Crippen LogP contribution in [0.4, 0.5) is 0 Å². The first kappa shape index (κ1) is 22.1. The quantitative estimate of drug-likeness (QED) is 0.680. The highest BCUT2D eigenvalue weighted by atomic mass is 32.2. The summed E-state index contributed by atoms with van der Waals surface area (Å²) in [5.41, 5.74) is 0.734. The SMILES string of the molecule is COc1ccc(S(=O)(=O)N2CCOCC2)cc1CCC(=O)NC1CCCCCC1. The average Bonchev–Trinajstić information content (AvgIpc) is 3.01. The standard InChI is InChI=1S/C21H32N2O5S/c1-27-20-10-9-19(29(25,26)23-12-14-28-15-13-23)16-17(20)8-11-21(24)22-18-6-4-2-3-5-7-18/h9-10,16,18H,2-8,11-15H2,1H3,(H,22,24). The van der Waals surface area contributed by atoms with E-state index in [-0.39, 0.29) is 16.8 Å². The van der Waals surface area contributed by atoms with Crippen LogP contribution in [0.3, 0.4) is 0 Å². The number of carbonyl (C=O) groups excluding carboxylic acids is 1. The molecule has 0 aromatic heterocycles. The second-order valence-corrected chi connectivity index (χ2v) is 9.68. The van der Waals surface area contributed by atoms with Gasteiger partial charge in [-0.3, -0.25) is 4.79 Å². The summed E-state index contributed by atoms with van der Waals surface area (Å²) in [6, 6.07) is 5.15. The number of morpholine rings is 1. The molecule has 0 atom stereocenters. The van der Waals surface area contributed by atoms with Crippen molar-refractivity contribution in [1.29, 1.82) is 0 Å². The van der Waals surface area contributed by atoms with E-state index in [1.165, 1.54) is 30.0 Å². The molecule has 1 amide bonds. The topological polar surface area (TPSA) is 84.9 Å². The van der Waals surface area contributed by atoms with Gasteiger partial charge in [0.25, 0.3) is 0 Å². The molecule has 1 saturated carbocycles. The van der Waals surface area contributed by atoms with E-state index in [0.717, 1.165) is 18.4 Å². The van der Waals surface area contributed by atoms with E-state index >= 15 is 0 Å². The molecule has 1 aromatic rings. The highest BCUT2D eigenvalue weighted by molar-refractivity contribution is 7.89. The number of nitrogens with one attached hydrogen (secondary N) is 1. The Morgan fingerprint density at radius 2 is 1.86 bits per heavy atom. The van der Waals surface area contributed by atoms with E-state index in [9.17, 15) is 13.2 Å². The molecular formula is C21H32N2O5S. The number of aryl methyl sites for hydroxylation is 1. The third-order valence-corrected chi connectivity index (χ3v) is 7.60. The molecule has 1 N–H and O–H groups in total. The van der Waals surface area contributed by atoms with Crippen LogP contribution < -0.4 is 10.1 Å². The highest BCUT2D eigenvalue weighted by Crippen LogP contribution is 2.26. The number of ether oxygens (including phenoxy) is 2. The fourth-order valence-corrected chi connectivity index (χ4v) is 5.48. The van der Waals surface area contributed by atoms with Crippen LogP contribution in [0.15, 0.2) is 23.1 Å². The molecule has 2 aliphatic rings. The zero-order valence-corrected chi connectivity index (χ0v) is 18.0. The van der Waals surface area contributed by atoms with Gasteiger partial charge in [-0.05, 0) is 43.0 Å². The number of hydrogen-bond donors (Lipinski definition) is 1. The van der Waals surface area contributed by atoms with E-state index in [1.807, 2.05) is 0 Å². The van der Waals surface area contributed by atoms with Crippen molar-refractivity contribution in [2.45, 2.75) is 62.3 Å². The van der Waals surface area contributed by atoms with E-state index in [2.05, 4.69) is 5.32 Å². The van der Waals surface area contributed by atoms with E-state index in [1.54, 1.807) is 25.3 Å². The first-order valence-electron chi connectivity index (χ1n) is 10.5. The Labute approximate surface area is 173 Å². The maximum atomic E-state index is 12.9. The van der Waals surface area contributed by atoms with Crippen LogP contribution >= 0.6 is 0 Å². The fourth-order valence-electron chi connectivity index (χ4n) is 4.02. The third kappa shape index (κ3) is 5.93. The predicted octanol–water partition coefficient (Wildman–Crippen LogP) is 2.49. The summed E-state index contributed by atoms with van der Waals surface area (Å²) < 4.78 is 37.9. The summed E-state index contributed by atoms with van der Waals surface area (Å²) in [5.74, 6) is 0.619. The fraction of sp³-hybridized carbons (Fsp3) is 0.667. The molecule has 1 heterocycles. The maximum absolute atomic E-state index is 12.9. The molecule has 1 saturated heterocycles.